The summed E-state index contributed by atoms with van der Waals surface area (Å²) in [6.07, 6.45) is 0.213. The predicted molar refractivity (Wildman–Crippen MR) is 143 cm³/mol. The molecule has 0 radical (unpaired) electrons. The maximum atomic E-state index is 13.5. The summed E-state index contributed by atoms with van der Waals surface area (Å²) < 4.78 is 11.2. The molecule has 4 rings (SSSR count). The molecule has 2 aromatic carbocycles. The normalized spacial score (nSPS) is 11.8. The fourth-order valence-corrected chi connectivity index (χ4v) is 4.71. The van der Waals surface area contributed by atoms with Gasteiger partial charge in [-0.3, -0.25) is 4.79 Å². The summed E-state index contributed by atoms with van der Waals surface area (Å²) in [7, 11) is 0. The quantitative estimate of drug-likeness (QED) is 0.199. The number of aromatic hydroxyl groups is 2. The molecule has 0 unspecified atom stereocenters. The molecule has 0 aliphatic carbocycles. The van der Waals surface area contributed by atoms with Gasteiger partial charge in [0.2, 0.25) is 5.91 Å². The van der Waals surface area contributed by atoms with E-state index in [1.165, 1.54) is 0 Å². The van der Waals surface area contributed by atoms with Crippen LogP contribution < -0.4 is 16.6 Å². The minimum absolute atomic E-state index is 0.0280. The van der Waals surface area contributed by atoms with Crippen LogP contribution >= 0.6 is 0 Å². The number of para-hydroxylation sites is 2. The molecule has 9 heteroatoms. The summed E-state index contributed by atoms with van der Waals surface area (Å²) in [5.41, 5.74) is -1.35. The molecule has 2 heterocycles. The first kappa shape index (κ1) is 26.9. The van der Waals surface area contributed by atoms with Gasteiger partial charge in [-0.25, -0.2) is 9.59 Å². The maximum Gasteiger partial charge on any atom is 0.344 e. The second-order valence-corrected chi connectivity index (χ2v) is 9.86. The van der Waals surface area contributed by atoms with Crippen LogP contribution in [-0.4, -0.2) is 34.4 Å². The average Bonchev–Trinajstić information content (AvgIpc) is 2.87. The van der Waals surface area contributed by atoms with Gasteiger partial charge in [-0.15, -0.1) is 0 Å². The Balaban J connectivity index is 2.05. The fraction of sp³-hybridized carbons (Fsp3) is 0.345. The van der Waals surface area contributed by atoms with E-state index in [2.05, 4.69) is 5.32 Å². The Labute approximate surface area is 218 Å². The van der Waals surface area contributed by atoms with Crippen molar-refractivity contribution in [2.24, 2.45) is 0 Å². The molecule has 2 aromatic heterocycles. The molecule has 0 saturated carbocycles. The topological polar surface area (TPSA) is 150 Å². The van der Waals surface area contributed by atoms with Crippen molar-refractivity contribution < 1.29 is 28.9 Å². The van der Waals surface area contributed by atoms with Gasteiger partial charge in [0.05, 0.1) is 21.9 Å². The largest absolute Gasteiger partial charge is 0.507 e. The molecule has 0 fully saturated rings. The lowest BCUT2D eigenvalue weighted by atomic mass is 9.88. The van der Waals surface area contributed by atoms with Crippen molar-refractivity contribution in [2.45, 2.75) is 51.9 Å². The van der Waals surface area contributed by atoms with E-state index in [1.54, 1.807) is 36.4 Å². The molecule has 1 amide bonds. The zero-order chi connectivity index (χ0) is 27.7. The van der Waals surface area contributed by atoms with Crippen LogP contribution in [0.2, 0.25) is 0 Å². The molecule has 4 N–H and O–H groups in total. The van der Waals surface area contributed by atoms with Crippen LogP contribution in [0.15, 0.2) is 54.8 Å². The molecule has 0 aliphatic rings. The third-order valence-corrected chi connectivity index (χ3v) is 6.66. The van der Waals surface area contributed by atoms with E-state index < -0.39 is 45.7 Å². The second-order valence-electron chi connectivity index (χ2n) is 9.86. The monoisotopic (exact) mass is 521 g/mol. The van der Waals surface area contributed by atoms with Crippen LogP contribution in [-0.2, 0) is 4.79 Å². The number of nitrogens with one attached hydrogen (secondary N) is 1. The molecule has 0 bridgehead atoms. The van der Waals surface area contributed by atoms with Gasteiger partial charge in [0.1, 0.15) is 28.6 Å². The third-order valence-electron chi connectivity index (χ3n) is 6.66. The number of aliphatic hydroxyl groups excluding tert-OH is 1. The maximum absolute atomic E-state index is 13.5. The standard InChI is InChI=1S/C29H31NO8/c1-14(2)16-8-5-10-18-23(32)21(28(35)37-25(16)18)20(27(34)30-12-7-13-31)22-24(33)19-11-6-9-17(15(3)4)26(19)38-29(22)36/h5-6,8-11,14-15,20,31-33H,7,12-13H2,1-4H3,(H,30,34). The first-order valence-corrected chi connectivity index (χ1v) is 12.5. The van der Waals surface area contributed by atoms with E-state index in [9.17, 15) is 24.6 Å². The Morgan fingerprint density at radius 3 is 1.66 bits per heavy atom. The fourth-order valence-electron chi connectivity index (χ4n) is 4.71. The summed E-state index contributed by atoms with van der Waals surface area (Å²) in [4.78, 5) is 40.2. The van der Waals surface area contributed by atoms with Crippen LogP contribution in [0.3, 0.4) is 0 Å². The number of rotatable bonds is 8. The number of fused-ring (bicyclic) bond motifs is 2. The average molecular weight is 522 g/mol. The number of benzene rings is 2. The van der Waals surface area contributed by atoms with E-state index in [0.717, 1.165) is 0 Å². The lowest BCUT2D eigenvalue weighted by molar-refractivity contribution is -0.121. The van der Waals surface area contributed by atoms with Crippen LogP contribution in [0.1, 0.15) is 74.1 Å². The lowest BCUT2D eigenvalue weighted by Crippen LogP contribution is -2.35. The minimum Gasteiger partial charge on any atom is -0.507 e. The smallest absolute Gasteiger partial charge is 0.344 e. The number of carbonyl (C=O) groups is 1. The Bertz CT molecular complexity index is 1520. The first-order chi connectivity index (χ1) is 18.1. The van der Waals surface area contributed by atoms with Crippen molar-refractivity contribution in [3.8, 4) is 11.5 Å². The summed E-state index contributed by atoms with van der Waals surface area (Å²) in [6, 6.07) is 10.00. The first-order valence-electron chi connectivity index (χ1n) is 12.5. The van der Waals surface area contributed by atoms with Crippen molar-refractivity contribution in [2.75, 3.05) is 13.2 Å². The number of aliphatic hydroxyl groups is 1. The van der Waals surface area contributed by atoms with Gasteiger partial charge >= 0.3 is 11.3 Å². The van der Waals surface area contributed by atoms with Crippen LogP contribution in [0, 0.1) is 0 Å². The van der Waals surface area contributed by atoms with Crippen molar-refractivity contribution in [3.05, 3.63) is 79.5 Å². The van der Waals surface area contributed by atoms with E-state index in [-0.39, 0.29) is 53.3 Å². The highest BCUT2D eigenvalue weighted by Gasteiger charge is 2.36. The van der Waals surface area contributed by atoms with Crippen molar-refractivity contribution >= 4 is 27.8 Å². The van der Waals surface area contributed by atoms with Crippen molar-refractivity contribution in [1.82, 2.24) is 5.32 Å². The summed E-state index contributed by atoms with van der Waals surface area (Å²) in [5.74, 6) is -3.72. The van der Waals surface area contributed by atoms with E-state index in [4.69, 9.17) is 13.9 Å². The second kappa shape index (κ2) is 10.7. The summed E-state index contributed by atoms with van der Waals surface area (Å²) in [5, 5.41) is 34.7. The van der Waals surface area contributed by atoms with E-state index in [1.807, 2.05) is 27.7 Å². The number of amides is 1. The van der Waals surface area contributed by atoms with Crippen LogP contribution in [0.25, 0.3) is 21.9 Å². The minimum atomic E-state index is -1.75. The van der Waals surface area contributed by atoms with Gasteiger partial charge in [-0.1, -0.05) is 52.0 Å². The molecule has 0 atom stereocenters. The molecular formula is C29H31NO8. The van der Waals surface area contributed by atoms with Gasteiger partial charge in [0, 0.05) is 13.2 Å². The molecule has 0 spiro atoms. The van der Waals surface area contributed by atoms with Gasteiger partial charge in [0.15, 0.2) is 0 Å². The molecule has 0 aliphatic heterocycles. The Hall–Kier alpha value is -4.11. The Morgan fingerprint density at radius 1 is 0.816 bits per heavy atom. The number of hydrogen-bond donors (Lipinski definition) is 4. The van der Waals surface area contributed by atoms with Gasteiger partial charge in [-0.2, -0.15) is 0 Å². The highest BCUT2D eigenvalue weighted by molar-refractivity contribution is 5.95. The van der Waals surface area contributed by atoms with Gasteiger partial charge in [0.25, 0.3) is 0 Å². The zero-order valence-corrected chi connectivity index (χ0v) is 21.7. The van der Waals surface area contributed by atoms with E-state index in [0.29, 0.717) is 11.1 Å². The lowest BCUT2D eigenvalue weighted by Gasteiger charge is -2.20. The molecule has 200 valence electrons. The zero-order valence-electron chi connectivity index (χ0n) is 21.7. The van der Waals surface area contributed by atoms with Crippen molar-refractivity contribution in [3.63, 3.8) is 0 Å². The molecule has 38 heavy (non-hydrogen) atoms. The SMILES string of the molecule is CC(C)c1cccc2c(O)c(C(C(=O)NCCCO)c3c(O)c4cccc(C(C)C)c4oc3=O)c(=O)oc12. The molecule has 0 saturated heterocycles. The highest BCUT2D eigenvalue weighted by atomic mass is 16.4. The van der Waals surface area contributed by atoms with Crippen LogP contribution in [0.5, 0.6) is 11.5 Å². The molecule has 4 aromatic rings. The van der Waals surface area contributed by atoms with E-state index >= 15 is 0 Å². The van der Waals surface area contributed by atoms with Gasteiger partial charge in [-0.05, 0) is 41.5 Å². The highest BCUT2D eigenvalue weighted by Crippen LogP contribution is 2.40. The molecular weight excluding hydrogens is 490 g/mol. The van der Waals surface area contributed by atoms with Gasteiger partial charge < -0.3 is 29.5 Å². The number of carbonyl (C=O) groups excluding carboxylic acids is 1. The number of hydrogen-bond acceptors (Lipinski definition) is 8. The summed E-state index contributed by atoms with van der Waals surface area (Å²) in [6.45, 7) is 7.44. The Morgan fingerprint density at radius 2 is 1.26 bits per heavy atom. The Kier molecular flexibility index (Phi) is 7.59. The van der Waals surface area contributed by atoms with Crippen molar-refractivity contribution in [1.29, 1.82) is 0 Å². The third kappa shape index (κ3) is 4.65. The predicted octanol–water partition coefficient (Wildman–Crippen LogP) is 4.19. The van der Waals surface area contributed by atoms with Crippen LogP contribution in [0.4, 0.5) is 0 Å². The summed E-state index contributed by atoms with van der Waals surface area (Å²) >= 11 is 0. The molecule has 9 nitrogen and oxygen atoms in total.